The van der Waals surface area contributed by atoms with E-state index in [1.807, 2.05) is 24.3 Å². The summed E-state index contributed by atoms with van der Waals surface area (Å²) in [7, 11) is 0. The molecule has 46 heavy (non-hydrogen) atoms. The summed E-state index contributed by atoms with van der Waals surface area (Å²) in [6.45, 7) is 5.66. The number of carbonyl (C=O) groups excluding carboxylic acids is 2. The maximum atomic E-state index is 13.5. The van der Waals surface area contributed by atoms with Crippen LogP contribution in [0.2, 0.25) is 0 Å². The molecular formula is C37H43F3O6. The highest BCUT2D eigenvalue weighted by Crippen LogP contribution is 2.27. The third kappa shape index (κ3) is 12.4. The van der Waals surface area contributed by atoms with Gasteiger partial charge < -0.3 is 18.9 Å². The molecule has 0 N–H and O–H groups in total. The monoisotopic (exact) mass is 640 g/mol. The molecule has 0 bridgehead atoms. The number of para-hydroxylation sites is 1. The molecule has 0 radical (unpaired) electrons. The Morgan fingerprint density at radius 1 is 0.783 bits per heavy atom. The first kappa shape index (κ1) is 36.4. The van der Waals surface area contributed by atoms with E-state index >= 15 is 0 Å². The molecule has 0 aliphatic carbocycles. The molecule has 3 aromatic carbocycles. The fourth-order valence-electron chi connectivity index (χ4n) is 4.72. The summed E-state index contributed by atoms with van der Waals surface area (Å²) >= 11 is 0. The molecule has 0 heterocycles. The lowest BCUT2D eigenvalue weighted by Gasteiger charge is -2.21. The van der Waals surface area contributed by atoms with Gasteiger partial charge in [0.15, 0.2) is 6.10 Å². The van der Waals surface area contributed by atoms with E-state index in [4.69, 9.17) is 18.9 Å². The Hall–Kier alpha value is -4.11. The first-order chi connectivity index (χ1) is 22.2. The maximum Gasteiger partial charge on any atom is 0.414 e. The highest BCUT2D eigenvalue weighted by Gasteiger charge is 2.40. The molecule has 3 aromatic rings. The van der Waals surface area contributed by atoms with Gasteiger partial charge >= 0.3 is 18.1 Å². The first-order valence-corrected chi connectivity index (χ1v) is 15.8. The number of alkyl halides is 3. The molecule has 1 atom stereocenters. The molecule has 1 unspecified atom stereocenters. The average Bonchev–Trinajstić information content (AvgIpc) is 3.05. The van der Waals surface area contributed by atoms with E-state index in [0.29, 0.717) is 18.8 Å². The van der Waals surface area contributed by atoms with Gasteiger partial charge in [0.05, 0.1) is 12.2 Å². The summed E-state index contributed by atoms with van der Waals surface area (Å²) in [6.07, 6.45) is 2.61. The van der Waals surface area contributed by atoms with Crippen LogP contribution >= 0.6 is 0 Å². The number of esters is 2. The van der Waals surface area contributed by atoms with Crippen molar-refractivity contribution < 1.29 is 41.7 Å². The zero-order valence-corrected chi connectivity index (χ0v) is 26.4. The lowest BCUT2D eigenvalue weighted by molar-refractivity contribution is -0.224. The third-order valence-corrected chi connectivity index (χ3v) is 7.28. The number of carbonyl (C=O) groups is 2. The minimum Gasteiger partial charge on any atom is -0.490 e. The summed E-state index contributed by atoms with van der Waals surface area (Å²) in [5.41, 5.74) is 1.97. The molecule has 3 rings (SSSR count). The van der Waals surface area contributed by atoms with Crippen LogP contribution < -0.4 is 9.47 Å². The second-order valence-corrected chi connectivity index (χ2v) is 10.9. The fourth-order valence-corrected chi connectivity index (χ4v) is 4.72. The van der Waals surface area contributed by atoms with Gasteiger partial charge in [-0.1, -0.05) is 101 Å². The highest BCUT2D eigenvalue weighted by molar-refractivity contribution is 5.96. The van der Waals surface area contributed by atoms with Gasteiger partial charge in [0.1, 0.15) is 23.7 Å². The highest BCUT2D eigenvalue weighted by atomic mass is 19.4. The molecule has 0 spiro atoms. The summed E-state index contributed by atoms with van der Waals surface area (Å²) in [5.74, 6) is -0.951. The predicted molar refractivity (Wildman–Crippen MR) is 172 cm³/mol. The number of unbranched alkanes of at least 4 members (excludes halogenated alkanes) is 7. The minimum atomic E-state index is -4.58. The van der Waals surface area contributed by atoms with Crippen LogP contribution in [0.25, 0.3) is 11.1 Å². The lowest BCUT2D eigenvalue weighted by Crippen LogP contribution is -2.33. The Kier molecular flexibility index (Phi) is 15.3. The third-order valence-electron chi connectivity index (χ3n) is 7.28. The van der Waals surface area contributed by atoms with Crippen molar-refractivity contribution in [2.24, 2.45) is 0 Å². The number of halogens is 3. The molecule has 6 nitrogen and oxygen atoms in total. The van der Waals surface area contributed by atoms with Crippen LogP contribution in [0.1, 0.15) is 85.4 Å². The second kappa shape index (κ2) is 19.4. The summed E-state index contributed by atoms with van der Waals surface area (Å²) in [6, 6.07) is 20.1. The molecule has 9 heteroatoms. The van der Waals surface area contributed by atoms with E-state index in [1.165, 1.54) is 31.4 Å². The topological polar surface area (TPSA) is 71.1 Å². The second-order valence-electron chi connectivity index (χ2n) is 10.9. The van der Waals surface area contributed by atoms with Crippen LogP contribution in [0.4, 0.5) is 13.2 Å². The Balaban J connectivity index is 1.49. The van der Waals surface area contributed by atoms with Crippen molar-refractivity contribution in [2.45, 2.75) is 77.0 Å². The number of benzene rings is 3. The van der Waals surface area contributed by atoms with Gasteiger partial charge in [-0.15, -0.1) is 0 Å². The van der Waals surface area contributed by atoms with Crippen LogP contribution in [0.3, 0.4) is 0 Å². The zero-order chi connectivity index (χ0) is 33.2. The summed E-state index contributed by atoms with van der Waals surface area (Å²) in [5, 5.41) is 0. The summed E-state index contributed by atoms with van der Waals surface area (Å²) in [4.78, 5) is 25.7. The van der Waals surface area contributed by atoms with Crippen molar-refractivity contribution in [3.8, 4) is 22.6 Å². The maximum absolute atomic E-state index is 13.5. The number of rotatable bonds is 20. The van der Waals surface area contributed by atoms with E-state index < -0.39 is 37.2 Å². The molecule has 0 amide bonds. The van der Waals surface area contributed by atoms with Crippen molar-refractivity contribution in [3.05, 3.63) is 96.6 Å². The standard InChI is InChI=1S/C37H43F3O6/c1-3-5-6-7-8-9-10-13-26-44-34(37(38,39)40)24-27-45-36(42)32-14-11-12-15-33(32)46-35(41)30-18-16-28(17-19-30)29-20-22-31(23-21-29)43-25-4-2/h4,11-12,14-23,34H,2-3,5-10,13,24-27H2,1H3. The van der Waals surface area contributed by atoms with Crippen LogP contribution in [-0.2, 0) is 9.47 Å². The van der Waals surface area contributed by atoms with Crippen molar-refractivity contribution in [1.82, 2.24) is 0 Å². The van der Waals surface area contributed by atoms with Crippen LogP contribution in [-0.4, -0.2) is 44.0 Å². The van der Waals surface area contributed by atoms with Gasteiger partial charge in [0.25, 0.3) is 0 Å². The molecule has 0 aliphatic rings. The molecule has 0 saturated carbocycles. The van der Waals surface area contributed by atoms with E-state index in [0.717, 1.165) is 36.8 Å². The number of hydrogen-bond donors (Lipinski definition) is 0. The van der Waals surface area contributed by atoms with E-state index in [2.05, 4.69) is 13.5 Å². The van der Waals surface area contributed by atoms with E-state index in [-0.39, 0.29) is 23.5 Å². The van der Waals surface area contributed by atoms with Crippen LogP contribution in [0, 0.1) is 0 Å². The largest absolute Gasteiger partial charge is 0.490 e. The van der Waals surface area contributed by atoms with Gasteiger partial charge in [-0.05, 0) is 53.9 Å². The minimum absolute atomic E-state index is 0.00973. The van der Waals surface area contributed by atoms with Gasteiger partial charge in [0, 0.05) is 13.0 Å². The fraction of sp³-hybridized carbons (Fsp3) is 0.405. The van der Waals surface area contributed by atoms with Crippen molar-refractivity contribution >= 4 is 11.9 Å². The molecule has 0 aliphatic heterocycles. The molecule has 0 aromatic heterocycles. The van der Waals surface area contributed by atoms with Gasteiger partial charge in [-0.2, -0.15) is 13.2 Å². The first-order valence-electron chi connectivity index (χ1n) is 15.8. The summed E-state index contributed by atoms with van der Waals surface area (Å²) < 4.78 is 61.8. The zero-order valence-electron chi connectivity index (χ0n) is 26.4. The van der Waals surface area contributed by atoms with Crippen molar-refractivity contribution in [2.75, 3.05) is 19.8 Å². The van der Waals surface area contributed by atoms with Crippen molar-refractivity contribution in [3.63, 3.8) is 0 Å². The Labute approximate surface area is 269 Å². The lowest BCUT2D eigenvalue weighted by atomic mass is 10.0. The molecular weight excluding hydrogens is 597 g/mol. The molecule has 248 valence electrons. The number of ether oxygens (including phenoxy) is 4. The number of hydrogen-bond acceptors (Lipinski definition) is 6. The molecule has 0 fully saturated rings. The van der Waals surface area contributed by atoms with Crippen LogP contribution in [0.15, 0.2) is 85.5 Å². The van der Waals surface area contributed by atoms with Crippen LogP contribution in [0.5, 0.6) is 11.5 Å². The predicted octanol–water partition coefficient (Wildman–Crippen LogP) is 9.77. The SMILES string of the molecule is C=CCOc1ccc(-c2ccc(C(=O)Oc3ccccc3C(=O)OCCC(OCCCCCCCCCC)C(F)(F)F)cc2)cc1. The van der Waals surface area contributed by atoms with Gasteiger partial charge in [-0.25, -0.2) is 9.59 Å². The smallest absolute Gasteiger partial charge is 0.414 e. The Morgan fingerprint density at radius 2 is 1.39 bits per heavy atom. The quantitative estimate of drug-likeness (QED) is 0.0530. The average molecular weight is 641 g/mol. The van der Waals surface area contributed by atoms with Crippen molar-refractivity contribution in [1.29, 1.82) is 0 Å². The normalized spacial score (nSPS) is 11.9. The Bertz CT molecular complexity index is 1350. The van der Waals surface area contributed by atoms with E-state index in [1.54, 1.807) is 42.5 Å². The van der Waals surface area contributed by atoms with E-state index in [9.17, 15) is 22.8 Å². The molecule has 0 saturated heterocycles. The Morgan fingerprint density at radius 3 is 2.02 bits per heavy atom. The van der Waals surface area contributed by atoms with Gasteiger partial charge in [0.2, 0.25) is 0 Å². The van der Waals surface area contributed by atoms with Gasteiger partial charge in [-0.3, -0.25) is 0 Å².